The number of benzene rings is 1. The van der Waals surface area contributed by atoms with Crippen molar-refractivity contribution in [3.8, 4) is 0 Å². The second-order valence-corrected chi connectivity index (χ2v) is 7.73. The molecule has 2 rings (SSSR count). The molecule has 0 aromatic heterocycles. The van der Waals surface area contributed by atoms with Gasteiger partial charge in [-0.2, -0.15) is 0 Å². The van der Waals surface area contributed by atoms with E-state index in [2.05, 4.69) is 10.2 Å². The summed E-state index contributed by atoms with van der Waals surface area (Å²) < 4.78 is 28.1. The minimum absolute atomic E-state index is 0.170. The smallest absolute Gasteiger partial charge is 0.251 e. The van der Waals surface area contributed by atoms with Gasteiger partial charge < -0.3 is 10.1 Å². The highest BCUT2D eigenvalue weighted by atomic mass is 32.2. The van der Waals surface area contributed by atoms with E-state index in [9.17, 15) is 13.2 Å². The van der Waals surface area contributed by atoms with E-state index in [0.29, 0.717) is 12.1 Å². The molecule has 6 nitrogen and oxygen atoms in total. The van der Waals surface area contributed by atoms with Gasteiger partial charge in [0, 0.05) is 31.5 Å². The summed E-state index contributed by atoms with van der Waals surface area (Å²) in [5.41, 5.74) is 0.477. The third-order valence-corrected chi connectivity index (χ3v) is 4.96. The highest BCUT2D eigenvalue weighted by Gasteiger charge is 2.11. The van der Waals surface area contributed by atoms with Crippen molar-refractivity contribution in [3.05, 3.63) is 29.8 Å². The Hall–Kier alpha value is -1.44. The van der Waals surface area contributed by atoms with Gasteiger partial charge in [0.1, 0.15) is 0 Å². The third kappa shape index (κ3) is 5.93. The Bertz CT molecular complexity index is 607. The van der Waals surface area contributed by atoms with E-state index < -0.39 is 9.84 Å². The number of hydrogen-bond donors (Lipinski definition) is 1. The van der Waals surface area contributed by atoms with Gasteiger partial charge in [0.2, 0.25) is 0 Å². The molecule has 0 saturated carbocycles. The normalized spacial score (nSPS) is 16.2. The van der Waals surface area contributed by atoms with Crippen molar-refractivity contribution < 1.29 is 17.9 Å². The van der Waals surface area contributed by atoms with Crippen molar-refractivity contribution in [2.45, 2.75) is 17.7 Å². The van der Waals surface area contributed by atoms with Gasteiger partial charge in [-0.15, -0.1) is 0 Å². The lowest BCUT2D eigenvalue weighted by Crippen LogP contribution is -2.37. The number of carbonyl (C=O) groups is 1. The summed E-state index contributed by atoms with van der Waals surface area (Å²) in [6.45, 7) is 5.23. The summed E-state index contributed by atoms with van der Waals surface area (Å²) in [5.74, 6) is -0.170. The van der Waals surface area contributed by atoms with Crippen LogP contribution in [0.1, 0.15) is 23.2 Å². The topological polar surface area (TPSA) is 75.7 Å². The Kier molecular flexibility index (Phi) is 6.56. The van der Waals surface area contributed by atoms with Crippen LogP contribution in [0.5, 0.6) is 0 Å². The molecule has 1 N–H and O–H groups in total. The summed E-state index contributed by atoms with van der Waals surface area (Å²) in [5, 5.41) is 2.86. The predicted octanol–water partition coefficient (Wildman–Crippen LogP) is 0.932. The second-order valence-electron chi connectivity index (χ2n) is 5.71. The first-order valence-electron chi connectivity index (χ1n) is 7.85. The van der Waals surface area contributed by atoms with E-state index in [0.717, 1.165) is 51.9 Å². The first-order chi connectivity index (χ1) is 11.0. The average molecular weight is 340 g/mol. The molecule has 1 fully saturated rings. The van der Waals surface area contributed by atoms with Gasteiger partial charge in [0.05, 0.1) is 18.1 Å². The first kappa shape index (κ1) is 17.9. The van der Waals surface area contributed by atoms with Crippen LogP contribution >= 0.6 is 0 Å². The molecule has 1 aromatic rings. The molecule has 0 bridgehead atoms. The molecule has 0 unspecified atom stereocenters. The molecular weight excluding hydrogens is 316 g/mol. The SMILES string of the molecule is CS(=O)(=O)c1ccc(C(=O)NCCCCN2CCOCC2)cc1. The van der Waals surface area contributed by atoms with Crippen LogP contribution in [-0.2, 0) is 14.6 Å². The van der Waals surface area contributed by atoms with Crippen LogP contribution in [0.25, 0.3) is 0 Å². The molecule has 0 spiro atoms. The maximum absolute atomic E-state index is 12.0. The number of amides is 1. The summed E-state index contributed by atoms with van der Waals surface area (Å²) in [6.07, 6.45) is 3.11. The molecule has 0 atom stereocenters. The fraction of sp³-hybridized carbons (Fsp3) is 0.562. The van der Waals surface area contributed by atoms with Crippen LogP contribution < -0.4 is 5.32 Å². The number of nitrogens with zero attached hydrogens (tertiary/aromatic N) is 1. The quantitative estimate of drug-likeness (QED) is 0.748. The lowest BCUT2D eigenvalue weighted by atomic mass is 10.2. The van der Waals surface area contributed by atoms with Crippen molar-refractivity contribution in [3.63, 3.8) is 0 Å². The maximum Gasteiger partial charge on any atom is 0.251 e. The van der Waals surface area contributed by atoms with E-state index >= 15 is 0 Å². The second kappa shape index (κ2) is 8.42. The average Bonchev–Trinajstić information content (AvgIpc) is 2.54. The van der Waals surface area contributed by atoms with Crippen LogP contribution in [0.3, 0.4) is 0 Å². The predicted molar refractivity (Wildman–Crippen MR) is 88.4 cm³/mol. The number of sulfone groups is 1. The Morgan fingerprint density at radius 2 is 1.83 bits per heavy atom. The number of unbranched alkanes of at least 4 members (excludes halogenated alkanes) is 1. The summed E-state index contributed by atoms with van der Waals surface area (Å²) >= 11 is 0. The molecule has 1 heterocycles. The summed E-state index contributed by atoms with van der Waals surface area (Å²) in [6, 6.07) is 6.00. The molecule has 7 heteroatoms. The lowest BCUT2D eigenvalue weighted by molar-refractivity contribution is 0.0372. The van der Waals surface area contributed by atoms with Gasteiger partial charge in [0.25, 0.3) is 5.91 Å². The van der Waals surface area contributed by atoms with Crippen LogP contribution in [0.4, 0.5) is 0 Å². The summed E-state index contributed by atoms with van der Waals surface area (Å²) in [7, 11) is -3.23. The van der Waals surface area contributed by atoms with E-state index in [-0.39, 0.29) is 10.8 Å². The van der Waals surface area contributed by atoms with Crippen molar-refractivity contribution in [1.82, 2.24) is 10.2 Å². The van der Waals surface area contributed by atoms with Gasteiger partial charge in [-0.3, -0.25) is 9.69 Å². The summed E-state index contributed by atoms with van der Waals surface area (Å²) in [4.78, 5) is 14.6. The number of rotatable bonds is 7. The van der Waals surface area contributed by atoms with Crippen LogP contribution in [-0.4, -0.2) is 64.9 Å². The van der Waals surface area contributed by atoms with Gasteiger partial charge in [-0.1, -0.05) is 0 Å². The zero-order valence-corrected chi connectivity index (χ0v) is 14.3. The first-order valence-corrected chi connectivity index (χ1v) is 9.74. The lowest BCUT2D eigenvalue weighted by Gasteiger charge is -2.26. The highest BCUT2D eigenvalue weighted by molar-refractivity contribution is 7.90. The van der Waals surface area contributed by atoms with Gasteiger partial charge >= 0.3 is 0 Å². The zero-order valence-electron chi connectivity index (χ0n) is 13.5. The monoisotopic (exact) mass is 340 g/mol. The van der Waals surface area contributed by atoms with E-state index in [1.807, 2.05) is 0 Å². The van der Waals surface area contributed by atoms with Crippen molar-refractivity contribution >= 4 is 15.7 Å². The molecule has 1 amide bonds. The molecular formula is C16H24N2O4S. The van der Waals surface area contributed by atoms with Crippen LogP contribution in [0, 0.1) is 0 Å². The Labute approximate surface area is 137 Å². The molecule has 0 aliphatic carbocycles. The Morgan fingerprint density at radius 3 is 2.43 bits per heavy atom. The van der Waals surface area contributed by atoms with Crippen LogP contribution in [0.2, 0.25) is 0 Å². The Balaban J connectivity index is 1.68. The fourth-order valence-electron chi connectivity index (χ4n) is 2.44. The molecule has 128 valence electrons. The van der Waals surface area contributed by atoms with Gasteiger partial charge in [-0.05, 0) is 43.7 Å². The standard InChI is InChI=1S/C16H24N2O4S/c1-23(20,21)15-6-4-14(5-7-15)16(19)17-8-2-3-9-18-10-12-22-13-11-18/h4-7H,2-3,8-13H2,1H3,(H,17,19). The van der Waals surface area contributed by atoms with Crippen molar-refractivity contribution in [1.29, 1.82) is 0 Å². The molecule has 1 aromatic carbocycles. The minimum atomic E-state index is -3.23. The zero-order chi connectivity index (χ0) is 16.7. The number of morpholine rings is 1. The van der Waals surface area contributed by atoms with E-state index in [1.165, 1.54) is 12.1 Å². The highest BCUT2D eigenvalue weighted by Crippen LogP contribution is 2.10. The third-order valence-electron chi connectivity index (χ3n) is 3.84. The molecule has 1 saturated heterocycles. The van der Waals surface area contributed by atoms with Gasteiger partial charge in [-0.25, -0.2) is 8.42 Å². The van der Waals surface area contributed by atoms with Gasteiger partial charge in [0.15, 0.2) is 9.84 Å². The molecule has 1 aliphatic heterocycles. The molecule has 0 radical (unpaired) electrons. The number of nitrogens with one attached hydrogen (secondary N) is 1. The minimum Gasteiger partial charge on any atom is -0.379 e. The van der Waals surface area contributed by atoms with Crippen LogP contribution in [0.15, 0.2) is 29.2 Å². The van der Waals surface area contributed by atoms with E-state index in [4.69, 9.17) is 4.74 Å². The maximum atomic E-state index is 12.0. The number of ether oxygens (including phenoxy) is 1. The fourth-order valence-corrected chi connectivity index (χ4v) is 3.07. The number of hydrogen-bond acceptors (Lipinski definition) is 5. The van der Waals surface area contributed by atoms with Crippen molar-refractivity contribution in [2.75, 3.05) is 45.6 Å². The Morgan fingerprint density at radius 1 is 1.17 bits per heavy atom. The van der Waals surface area contributed by atoms with E-state index in [1.54, 1.807) is 12.1 Å². The van der Waals surface area contributed by atoms with Crippen molar-refractivity contribution in [2.24, 2.45) is 0 Å². The number of carbonyl (C=O) groups excluding carboxylic acids is 1. The molecule has 1 aliphatic rings. The molecule has 23 heavy (non-hydrogen) atoms. The largest absolute Gasteiger partial charge is 0.379 e.